The van der Waals surface area contributed by atoms with Gasteiger partial charge in [0.2, 0.25) is 29.5 Å². The van der Waals surface area contributed by atoms with Crippen LogP contribution < -0.4 is 32.3 Å². The van der Waals surface area contributed by atoms with Gasteiger partial charge in [0, 0.05) is 12.8 Å². The molecule has 0 radical (unpaired) electrons. The second-order valence-corrected chi connectivity index (χ2v) is 11.6. The smallest absolute Gasteiger partial charge is 0.328 e. The van der Waals surface area contributed by atoms with E-state index in [2.05, 4.69) is 21.3 Å². The lowest BCUT2D eigenvalue weighted by Gasteiger charge is -2.26. The third kappa shape index (κ3) is 13.6. The Morgan fingerprint density at radius 2 is 1.00 bits per heavy atom. The van der Waals surface area contributed by atoms with Crippen LogP contribution in [0.5, 0.6) is 11.5 Å². The maximum absolute atomic E-state index is 13.7. The van der Waals surface area contributed by atoms with Gasteiger partial charge in [-0.1, -0.05) is 24.3 Å². The number of benzene rings is 2. The number of hydrogen-bond donors (Lipinski definition) is 12. The summed E-state index contributed by atoms with van der Waals surface area (Å²) < 4.78 is 0. The molecule has 0 bridgehead atoms. The summed E-state index contributed by atoms with van der Waals surface area (Å²) in [6, 6.07) is 1.94. The van der Waals surface area contributed by atoms with Crippen molar-refractivity contribution in [3.8, 4) is 11.5 Å². The Kier molecular flexibility index (Phi) is 15.8. The molecule has 0 aliphatic carbocycles. The number of hydrogen-bond acceptors (Lipinski definition) is 12. The van der Waals surface area contributed by atoms with E-state index in [1.54, 1.807) is 0 Å². The highest BCUT2D eigenvalue weighted by atomic mass is 16.4. The van der Waals surface area contributed by atoms with Crippen LogP contribution in [0.2, 0.25) is 0 Å². The molecule has 51 heavy (non-hydrogen) atoms. The van der Waals surface area contributed by atoms with Crippen molar-refractivity contribution >= 4 is 41.5 Å². The van der Waals surface area contributed by atoms with Crippen molar-refractivity contribution < 1.29 is 64.2 Å². The van der Waals surface area contributed by atoms with Crippen LogP contribution in [0.3, 0.4) is 0 Å². The maximum atomic E-state index is 13.7. The van der Waals surface area contributed by atoms with Crippen molar-refractivity contribution in [2.45, 2.75) is 75.5 Å². The molecule has 0 fully saturated rings. The lowest BCUT2D eigenvalue weighted by Crippen LogP contribution is -2.60. The van der Waals surface area contributed by atoms with Gasteiger partial charge in [-0.15, -0.1) is 0 Å². The van der Waals surface area contributed by atoms with E-state index in [-0.39, 0.29) is 24.3 Å². The second kappa shape index (κ2) is 19.4. The molecule has 0 unspecified atom stereocenters. The van der Waals surface area contributed by atoms with Crippen LogP contribution in [-0.4, -0.2) is 121 Å². The summed E-state index contributed by atoms with van der Waals surface area (Å²) >= 11 is 0. The minimum absolute atomic E-state index is 0.0618. The largest absolute Gasteiger partial charge is 0.508 e. The van der Waals surface area contributed by atoms with E-state index in [0.717, 1.165) is 0 Å². The monoisotopic (exact) mass is 718 g/mol. The highest BCUT2D eigenvalue weighted by Gasteiger charge is 2.33. The molecular weight excluding hydrogens is 676 g/mol. The number of carbonyl (C=O) groups is 7. The molecule has 0 aliphatic rings. The Balaban J connectivity index is 2.33. The van der Waals surface area contributed by atoms with E-state index >= 15 is 0 Å². The maximum Gasteiger partial charge on any atom is 0.328 e. The van der Waals surface area contributed by atoms with E-state index in [1.807, 2.05) is 5.32 Å². The standard InChI is InChI=1S/C32H42N6O13/c1-15(27(45)35-23(13-25(43)44)30(48)38-24(14-39)32(50)51)34-28(46)21(11-17-3-7-19(41)8-4-17)36-29(47)22(37-31(49)26(33)16(2)40)12-18-5-9-20(42)10-6-18/h3-10,15-16,21-24,26,39-42H,11-14,33H2,1-2H3,(H,34,46)(H,35,45)(H,36,47)(H,37,49)(H,38,48)(H,43,44)(H,50,51)/t15-,16+,21-,22-,23-,24-,26-/m0/s1. The van der Waals surface area contributed by atoms with Gasteiger partial charge in [-0.3, -0.25) is 28.8 Å². The number of aliphatic carboxylic acids is 2. The predicted octanol–water partition coefficient (Wildman–Crippen LogP) is -3.41. The number of rotatable bonds is 19. The Hall–Kier alpha value is -5.79. The van der Waals surface area contributed by atoms with Gasteiger partial charge >= 0.3 is 11.9 Å². The third-order valence-corrected chi connectivity index (χ3v) is 7.40. The number of phenolic OH excluding ortho intramolecular Hbond substituents is 2. The Morgan fingerprint density at radius 1 is 0.608 bits per heavy atom. The number of phenols is 2. The van der Waals surface area contributed by atoms with E-state index in [4.69, 9.17) is 10.8 Å². The SMILES string of the molecule is C[C@H](NC(=O)[C@H](Cc1ccc(O)cc1)NC(=O)[C@H](Cc1ccc(O)cc1)NC(=O)[C@@H](N)[C@@H](C)O)C(=O)N[C@@H](CC(=O)O)C(=O)N[C@@H](CO)C(=O)O. The summed E-state index contributed by atoms with van der Waals surface area (Å²) in [5.74, 6) is -8.34. The van der Waals surface area contributed by atoms with Gasteiger partial charge in [-0.05, 0) is 49.2 Å². The van der Waals surface area contributed by atoms with Crippen molar-refractivity contribution in [2.24, 2.45) is 5.73 Å². The van der Waals surface area contributed by atoms with Gasteiger partial charge in [-0.2, -0.15) is 0 Å². The van der Waals surface area contributed by atoms with E-state index < -0.39 is 96.9 Å². The summed E-state index contributed by atoms with van der Waals surface area (Å²) in [5, 5.41) is 68.0. The third-order valence-electron chi connectivity index (χ3n) is 7.40. The molecule has 0 aromatic heterocycles. The number of nitrogens with one attached hydrogen (secondary N) is 5. The first-order valence-corrected chi connectivity index (χ1v) is 15.5. The molecule has 7 atom stereocenters. The van der Waals surface area contributed by atoms with Crippen LogP contribution in [0.25, 0.3) is 0 Å². The zero-order valence-electron chi connectivity index (χ0n) is 27.6. The van der Waals surface area contributed by atoms with Crippen molar-refractivity contribution in [1.82, 2.24) is 26.6 Å². The number of aromatic hydroxyl groups is 2. The van der Waals surface area contributed by atoms with Crippen molar-refractivity contribution in [3.05, 3.63) is 59.7 Å². The van der Waals surface area contributed by atoms with Gasteiger partial charge < -0.3 is 63.0 Å². The average Bonchev–Trinajstić information content (AvgIpc) is 3.06. The molecule has 19 heteroatoms. The van der Waals surface area contributed by atoms with Crippen LogP contribution in [0, 0.1) is 0 Å². The van der Waals surface area contributed by atoms with Crippen LogP contribution in [-0.2, 0) is 46.4 Å². The Bertz CT molecular complexity index is 1550. The predicted molar refractivity (Wildman–Crippen MR) is 176 cm³/mol. The van der Waals surface area contributed by atoms with Crippen molar-refractivity contribution in [2.75, 3.05) is 6.61 Å². The fraction of sp³-hybridized carbons (Fsp3) is 0.406. The van der Waals surface area contributed by atoms with E-state index in [9.17, 15) is 59.1 Å². The number of nitrogens with two attached hydrogens (primary N) is 1. The Morgan fingerprint density at radius 3 is 1.41 bits per heavy atom. The fourth-order valence-electron chi connectivity index (χ4n) is 4.43. The molecule has 0 saturated heterocycles. The van der Waals surface area contributed by atoms with Crippen molar-refractivity contribution in [3.63, 3.8) is 0 Å². The number of carbonyl (C=O) groups excluding carboxylic acids is 5. The molecule has 278 valence electrons. The lowest BCUT2D eigenvalue weighted by atomic mass is 10.0. The van der Waals surface area contributed by atoms with Crippen LogP contribution in [0.15, 0.2) is 48.5 Å². The molecule has 2 aromatic carbocycles. The van der Waals surface area contributed by atoms with Gasteiger partial charge in [0.25, 0.3) is 0 Å². The molecule has 2 rings (SSSR count). The summed E-state index contributed by atoms with van der Waals surface area (Å²) in [6.07, 6.45) is -2.62. The number of aliphatic hydroxyl groups is 2. The quantitative estimate of drug-likeness (QED) is 0.0674. The molecular formula is C32H42N6O13. The highest BCUT2D eigenvalue weighted by Crippen LogP contribution is 2.14. The summed E-state index contributed by atoms with van der Waals surface area (Å²) in [7, 11) is 0. The minimum Gasteiger partial charge on any atom is -0.508 e. The molecule has 5 amide bonds. The summed E-state index contributed by atoms with van der Waals surface area (Å²) in [6.45, 7) is 1.43. The first kappa shape index (κ1) is 41.4. The van der Waals surface area contributed by atoms with Crippen LogP contribution in [0.1, 0.15) is 31.4 Å². The summed E-state index contributed by atoms with van der Waals surface area (Å²) in [4.78, 5) is 88.1. The molecule has 2 aromatic rings. The number of amides is 5. The zero-order valence-corrected chi connectivity index (χ0v) is 27.6. The van der Waals surface area contributed by atoms with Crippen LogP contribution in [0.4, 0.5) is 0 Å². The molecule has 0 saturated carbocycles. The van der Waals surface area contributed by atoms with E-state index in [0.29, 0.717) is 11.1 Å². The molecule has 0 spiro atoms. The first-order chi connectivity index (χ1) is 23.9. The highest BCUT2D eigenvalue weighted by molar-refractivity contribution is 5.97. The van der Waals surface area contributed by atoms with Gasteiger partial charge in [0.15, 0.2) is 0 Å². The topological polar surface area (TPSA) is 327 Å². The van der Waals surface area contributed by atoms with Gasteiger partial charge in [0.05, 0.1) is 19.1 Å². The van der Waals surface area contributed by atoms with E-state index in [1.165, 1.54) is 62.4 Å². The fourth-order valence-corrected chi connectivity index (χ4v) is 4.43. The van der Waals surface area contributed by atoms with Gasteiger partial charge in [0.1, 0.15) is 47.8 Å². The number of aliphatic hydroxyl groups excluding tert-OH is 2. The zero-order chi connectivity index (χ0) is 38.4. The average molecular weight is 719 g/mol. The molecule has 0 aliphatic heterocycles. The van der Waals surface area contributed by atoms with Crippen LogP contribution >= 0.6 is 0 Å². The normalized spacial score (nSPS) is 15.0. The minimum atomic E-state index is -1.81. The summed E-state index contributed by atoms with van der Waals surface area (Å²) in [5.41, 5.74) is 6.67. The Labute approximate surface area is 291 Å². The lowest BCUT2D eigenvalue weighted by molar-refractivity contribution is -0.144. The number of carboxylic acids is 2. The van der Waals surface area contributed by atoms with Gasteiger partial charge in [-0.25, -0.2) is 4.79 Å². The molecule has 13 N–H and O–H groups in total. The molecule has 19 nitrogen and oxygen atoms in total. The number of carboxylic acid groups (broad SMARTS) is 2. The second-order valence-electron chi connectivity index (χ2n) is 11.6. The first-order valence-electron chi connectivity index (χ1n) is 15.5. The molecule has 0 heterocycles. The van der Waals surface area contributed by atoms with Crippen molar-refractivity contribution in [1.29, 1.82) is 0 Å².